The molecule has 88 valence electrons. The minimum absolute atomic E-state index is 1.09. The van der Waals surface area contributed by atoms with Gasteiger partial charge in [0.2, 0.25) is 0 Å². The summed E-state index contributed by atoms with van der Waals surface area (Å²) >= 11 is 0. The van der Waals surface area contributed by atoms with Crippen molar-refractivity contribution in [3.05, 3.63) is 36.0 Å². The molecule has 3 heteroatoms. The largest absolute Gasteiger partial charge is 0.372 e. The van der Waals surface area contributed by atoms with Crippen LogP contribution >= 0.6 is 0 Å². The molecule has 0 spiro atoms. The van der Waals surface area contributed by atoms with Crippen LogP contribution in [0.5, 0.6) is 0 Å². The number of H-pyrrole nitrogens is 1. The van der Waals surface area contributed by atoms with Gasteiger partial charge in [-0.1, -0.05) is 6.07 Å². The predicted molar refractivity (Wildman–Crippen MR) is 70.2 cm³/mol. The zero-order chi connectivity index (χ0) is 11.7. The summed E-state index contributed by atoms with van der Waals surface area (Å²) in [4.78, 5) is 2.45. The van der Waals surface area contributed by atoms with Crippen LogP contribution in [0.4, 0.5) is 5.69 Å². The number of rotatable bonds is 2. The topological polar surface area (TPSA) is 31.9 Å². The summed E-state index contributed by atoms with van der Waals surface area (Å²) < 4.78 is 0. The number of anilines is 1. The minimum atomic E-state index is 1.09. The Morgan fingerprint density at radius 2 is 2.29 bits per heavy atom. The normalized spacial score (nSPS) is 14.8. The molecule has 3 rings (SSSR count). The Balaban J connectivity index is 2.02. The third-order valence-corrected chi connectivity index (χ3v) is 3.49. The fourth-order valence-electron chi connectivity index (χ4n) is 2.59. The highest BCUT2D eigenvalue weighted by atomic mass is 15.1. The molecule has 0 radical (unpaired) electrons. The third kappa shape index (κ3) is 1.82. The molecule has 1 aliphatic heterocycles. The summed E-state index contributed by atoms with van der Waals surface area (Å²) in [6.07, 6.45) is 4.24. The highest BCUT2D eigenvalue weighted by Gasteiger charge is 2.15. The molecule has 3 nitrogen and oxygen atoms in total. The van der Waals surface area contributed by atoms with E-state index in [0.717, 1.165) is 12.2 Å². The van der Waals surface area contributed by atoms with Crippen LogP contribution in [0, 0.1) is 0 Å². The van der Waals surface area contributed by atoms with E-state index in [1.54, 1.807) is 6.20 Å². The molecule has 1 aromatic carbocycles. The molecule has 1 N–H and O–H groups in total. The van der Waals surface area contributed by atoms with E-state index in [-0.39, 0.29) is 0 Å². The van der Waals surface area contributed by atoms with E-state index in [4.69, 9.17) is 0 Å². The minimum Gasteiger partial charge on any atom is -0.372 e. The number of aromatic nitrogens is 2. The van der Waals surface area contributed by atoms with Gasteiger partial charge in [0.15, 0.2) is 0 Å². The molecule has 0 amide bonds. The van der Waals surface area contributed by atoms with Crippen molar-refractivity contribution >= 4 is 5.69 Å². The fourth-order valence-corrected chi connectivity index (χ4v) is 2.59. The Morgan fingerprint density at radius 1 is 1.35 bits per heavy atom. The average molecular weight is 227 g/mol. The first kappa shape index (κ1) is 10.4. The van der Waals surface area contributed by atoms with E-state index >= 15 is 0 Å². The van der Waals surface area contributed by atoms with Gasteiger partial charge in [0, 0.05) is 25.0 Å². The maximum absolute atomic E-state index is 4.01. The lowest BCUT2D eigenvalue weighted by Gasteiger charge is -2.30. The molecule has 1 aromatic heterocycles. The van der Waals surface area contributed by atoms with Gasteiger partial charge in [-0.3, -0.25) is 5.10 Å². The second kappa shape index (κ2) is 4.24. The molecule has 0 atom stereocenters. The first-order valence-electron chi connectivity index (χ1n) is 6.26. The smallest absolute Gasteiger partial charge is 0.0650 e. The second-order valence-electron chi connectivity index (χ2n) is 4.50. The molecule has 0 aliphatic carbocycles. The van der Waals surface area contributed by atoms with E-state index < -0.39 is 0 Å². The van der Waals surface area contributed by atoms with Crippen molar-refractivity contribution in [3.63, 3.8) is 0 Å². The van der Waals surface area contributed by atoms with Gasteiger partial charge in [-0.15, -0.1) is 0 Å². The highest BCUT2D eigenvalue weighted by Crippen LogP contribution is 2.30. The zero-order valence-corrected chi connectivity index (χ0v) is 10.1. The molecular formula is C14H17N3. The van der Waals surface area contributed by atoms with Crippen molar-refractivity contribution in [2.24, 2.45) is 0 Å². The number of hydrogen-bond donors (Lipinski definition) is 1. The summed E-state index contributed by atoms with van der Waals surface area (Å²) in [5, 5.41) is 7.03. The van der Waals surface area contributed by atoms with Crippen molar-refractivity contribution in [2.45, 2.75) is 19.8 Å². The first-order valence-corrected chi connectivity index (χ1v) is 6.26. The van der Waals surface area contributed by atoms with Crippen molar-refractivity contribution in [1.29, 1.82) is 0 Å². The molecular weight excluding hydrogens is 210 g/mol. The van der Waals surface area contributed by atoms with Crippen LogP contribution in [0.3, 0.4) is 0 Å². The van der Waals surface area contributed by atoms with Gasteiger partial charge in [0.1, 0.15) is 0 Å². The summed E-state index contributed by atoms with van der Waals surface area (Å²) in [5.41, 5.74) is 5.20. The third-order valence-electron chi connectivity index (χ3n) is 3.49. The Kier molecular flexibility index (Phi) is 2.59. The Labute approximate surface area is 101 Å². The Morgan fingerprint density at radius 3 is 3.06 bits per heavy atom. The van der Waals surface area contributed by atoms with Crippen LogP contribution in [-0.4, -0.2) is 23.3 Å². The number of benzene rings is 1. The van der Waals surface area contributed by atoms with Gasteiger partial charge in [-0.05, 0) is 49.1 Å². The molecule has 0 bridgehead atoms. The lowest BCUT2D eigenvalue weighted by molar-refractivity contribution is 0.708. The molecule has 2 aromatic rings. The van der Waals surface area contributed by atoms with Crippen LogP contribution < -0.4 is 4.90 Å². The summed E-state index contributed by atoms with van der Waals surface area (Å²) in [6.45, 7) is 4.50. The van der Waals surface area contributed by atoms with Crippen molar-refractivity contribution in [3.8, 4) is 11.3 Å². The fraction of sp³-hybridized carbons (Fsp3) is 0.357. The van der Waals surface area contributed by atoms with Gasteiger partial charge < -0.3 is 4.90 Å². The summed E-state index contributed by atoms with van der Waals surface area (Å²) in [6, 6.07) is 8.74. The van der Waals surface area contributed by atoms with Gasteiger partial charge in [0.05, 0.1) is 5.69 Å². The van der Waals surface area contributed by atoms with Gasteiger partial charge in [-0.2, -0.15) is 5.10 Å². The second-order valence-corrected chi connectivity index (χ2v) is 4.50. The SMILES string of the molecule is CCN1CCCc2cc(-c3ccn[nH]3)ccc21. The van der Waals surface area contributed by atoms with E-state index in [2.05, 4.69) is 40.2 Å². The van der Waals surface area contributed by atoms with Gasteiger partial charge in [-0.25, -0.2) is 0 Å². The van der Waals surface area contributed by atoms with E-state index in [1.165, 1.54) is 36.2 Å². The highest BCUT2D eigenvalue weighted by molar-refractivity contribution is 5.67. The quantitative estimate of drug-likeness (QED) is 0.855. The number of aryl methyl sites for hydroxylation is 1. The van der Waals surface area contributed by atoms with Crippen LogP contribution in [0.1, 0.15) is 18.9 Å². The molecule has 1 aliphatic rings. The molecule has 0 unspecified atom stereocenters. The number of hydrogen-bond acceptors (Lipinski definition) is 2. The average Bonchev–Trinajstić information content (AvgIpc) is 2.91. The Hall–Kier alpha value is -1.77. The lowest BCUT2D eigenvalue weighted by atomic mass is 9.98. The Bertz CT molecular complexity index is 502. The van der Waals surface area contributed by atoms with Gasteiger partial charge in [0.25, 0.3) is 0 Å². The van der Waals surface area contributed by atoms with Crippen molar-refractivity contribution in [1.82, 2.24) is 10.2 Å². The summed E-state index contributed by atoms with van der Waals surface area (Å²) in [7, 11) is 0. The molecule has 2 heterocycles. The predicted octanol–water partition coefficient (Wildman–Crippen LogP) is 2.85. The number of aromatic amines is 1. The number of fused-ring (bicyclic) bond motifs is 1. The molecule has 0 fully saturated rings. The maximum atomic E-state index is 4.01. The monoisotopic (exact) mass is 227 g/mol. The molecule has 0 saturated heterocycles. The van der Waals surface area contributed by atoms with Crippen LogP contribution in [-0.2, 0) is 6.42 Å². The van der Waals surface area contributed by atoms with Crippen molar-refractivity contribution < 1.29 is 0 Å². The van der Waals surface area contributed by atoms with E-state index in [0.29, 0.717) is 0 Å². The standard InChI is InChI=1S/C14H17N3/c1-2-17-9-3-4-12-10-11(5-6-14(12)17)13-7-8-15-16-13/h5-8,10H,2-4,9H2,1H3,(H,15,16). The lowest BCUT2D eigenvalue weighted by Crippen LogP contribution is -2.28. The van der Waals surface area contributed by atoms with Gasteiger partial charge >= 0.3 is 0 Å². The van der Waals surface area contributed by atoms with Crippen LogP contribution in [0.2, 0.25) is 0 Å². The molecule has 17 heavy (non-hydrogen) atoms. The van der Waals surface area contributed by atoms with E-state index in [1.807, 2.05) is 6.07 Å². The number of nitrogens with one attached hydrogen (secondary N) is 1. The summed E-state index contributed by atoms with van der Waals surface area (Å²) in [5.74, 6) is 0. The van der Waals surface area contributed by atoms with E-state index in [9.17, 15) is 0 Å². The van der Waals surface area contributed by atoms with Crippen LogP contribution in [0.15, 0.2) is 30.5 Å². The maximum Gasteiger partial charge on any atom is 0.0650 e. The number of nitrogens with zero attached hydrogens (tertiary/aromatic N) is 2. The first-order chi connectivity index (χ1) is 8.38. The van der Waals surface area contributed by atoms with Crippen LogP contribution in [0.25, 0.3) is 11.3 Å². The molecule has 0 saturated carbocycles. The van der Waals surface area contributed by atoms with Crippen molar-refractivity contribution in [2.75, 3.05) is 18.0 Å². The zero-order valence-electron chi connectivity index (χ0n) is 10.1.